The summed E-state index contributed by atoms with van der Waals surface area (Å²) in [6, 6.07) is 3.45. The minimum Gasteiger partial charge on any atom is -0.504 e. The van der Waals surface area contributed by atoms with E-state index in [1.165, 1.54) is 18.3 Å². The van der Waals surface area contributed by atoms with Gasteiger partial charge in [-0.1, -0.05) is 0 Å². The molecule has 0 atom stereocenters. The van der Waals surface area contributed by atoms with Crippen LogP contribution in [0.15, 0.2) is 34.2 Å². The maximum Gasteiger partial charge on any atom is 0.265 e. The van der Waals surface area contributed by atoms with Crippen molar-refractivity contribution >= 4 is 50.4 Å². The molecule has 0 unspecified atom stereocenters. The molecule has 102 valence electrons. The van der Waals surface area contributed by atoms with Gasteiger partial charge in [-0.25, -0.2) is 16.8 Å². The largest absolute Gasteiger partial charge is 0.504 e. The Morgan fingerprint density at radius 2 is 1.63 bits per heavy atom. The Morgan fingerprint density at radius 1 is 1.05 bits per heavy atom. The second-order valence-electron chi connectivity index (χ2n) is 3.50. The SMILES string of the molecule is O=S(=O)(Cl)c1cc(S(=O)(=O)Cl)c2cccnc2c1O. The smallest absolute Gasteiger partial charge is 0.265 e. The first-order chi connectivity index (χ1) is 8.62. The van der Waals surface area contributed by atoms with E-state index in [1.54, 1.807) is 0 Å². The summed E-state index contributed by atoms with van der Waals surface area (Å²) in [5.74, 6) is -0.727. The van der Waals surface area contributed by atoms with E-state index in [0.717, 1.165) is 0 Å². The molecule has 0 aliphatic heterocycles. The van der Waals surface area contributed by atoms with Gasteiger partial charge >= 0.3 is 0 Å². The van der Waals surface area contributed by atoms with Crippen LogP contribution >= 0.6 is 21.4 Å². The first-order valence-corrected chi connectivity index (χ1v) is 9.24. The normalized spacial score (nSPS) is 12.7. The molecule has 0 saturated carbocycles. The number of nitrogens with zero attached hydrogens (tertiary/aromatic N) is 1. The summed E-state index contributed by atoms with van der Waals surface area (Å²) in [7, 11) is 1.79. The highest BCUT2D eigenvalue weighted by Gasteiger charge is 2.25. The molecule has 0 spiro atoms. The van der Waals surface area contributed by atoms with E-state index >= 15 is 0 Å². The van der Waals surface area contributed by atoms with Crippen molar-refractivity contribution < 1.29 is 21.9 Å². The van der Waals surface area contributed by atoms with Crippen LogP contribution in [0.5, 0.6) is 5.75 Å². The average molecular weight is 342 g/mol. The third-order valence-corrected chi connectivity index (χ3v) is 5.02. The number of fused-ring (bicyclic) bond motifs is 1. The molecular weight excluding hydrogens is 337 g/mol. The molecule has 10 heteroatoms. The summed E-state index contributed by atoms with van der Waals surface area (Å²) in [4.78, 5) is 2.48. The summed E-state index contributed by atoms with van der Waals surface area (Å²) in [6.07, 6.45) is 1.26. The molecule has 19 heavy (non-hydrogen) atoms. The molecule has 6 nitrogen and oxygen atoms in total. The summed E-state index contributed by atoms with van der Waals surface area (Å²) in [6.45, 7) is 0. The molecule has 1 aromatic carbocycles. The zero-order chi connectivity index (χ0) is 14.4. The van der Waals surface area contributed by atoms with Gasteiger partial charge in [-0.15, -0.1) is 0 Å². The van der Waals surface area contributed by atoms with Crippen molar-refractivity contribution in [3.05, 3.63) is 24.4 Å². The molecule has 0 fully saturated rings. The number of hydrogen-bond donors (Lipinski definition) is 1. The molecule has 2 rings (SSSR count). The third-order valence-electron chi connectivity index (χ3n) is 2.32. The molecule has 0 amide bonds. The fraction of sp³-hybridized carbons (Fsp3) is 0. The van der Waals surface area contributed by atoms with E-state index in [0.29, 0.717) is 6.07 Å². The van der Waals surface area contributed by atoms with Gasteiger partial charge in [0.25, 0.3) is 18.1 Å². The van der Waals surface area contributed by atoms with Crippen molar-refractivity contribution in [2.75, 3.05) is 0 Å². The molecule has 1 aromatic heterocycles. The molecule has 0 saturated heterocycles. The van der Waals surface area contributed by atoms with E-state index in [1.807, 2.05) is 0 Å². The van der Waals surface area contributed by atoms with Crippen molar-refractivity contribution in [3.63, 3.8) is 0 Å². The van der Waals surface area contributed by atoms with E-state index < -0.39 is 33.6 Å². The second-order valence-corrected chi connectivity index (χ2v) is 8.57. The molecule has 0 radical (unpaired) electrons. The molecule has 0 aliphatic rings. The fourth-order valence-electron chi connectivity index (χ4n) is 1.56. The van der Waals surface area contributed by atoms with Gasteiger partial charge in [-0.2, -0.15) is 0 Å². The van der Waals surface area contributed by atoms with Crippen LogP contribution < -0.4 is 0 Å². The lowest BCUT2D eigenvalue weighted by Gasteiger charge is -2.08. The Balaban J connectivity index is 3.10. The number of aromatic hydroxyl groups is 1. The number of pyridine rings is 1. The number of halogens is 2. The first-order valence-electron chi connectivity index (χ1n) is 4.62. The molecule has 0 bridgehead atoms. The van der Waals surface area contributed by atoms with Gasteiger partial charge < -0.3 is 5.11 Å². The summed E-state index contributed by atoms with van der Waals surface area (Å²) < 4.78 is 45.5. The van der Waals surface area contributed by atoms with Gasteiger partial charge in [0, 0.05) is 32.9 Å². The number of aromatic nitrogens is 1. The molecular formula is C9H5Cl2NO5S2. The Hall–Kier alpha value is -1.09. The highest BCUT2D eigenvalue weighted by Crippen LogP contribution is 2.37. The Morgan fingerprint density at radius 3 is 2.16 bits per heavy atom. The summed E-state index contributed by atoms with van der Waals surface area (Å²) in [5.41, 5.74) is -0.219. The molecule has 1 heterocycles. The van der Waals surface area contributed by atoms with Crippen LogP contribution in [0.25, 0.3) is 10.9 Å². The number of phenolic OH excluding ortho intramolecular Hbond substituents is 1. The molecule has 1 N–H and O–H groups in total. The zero-order valence-electron chi connectivity index (χ0n) is 8.91. The highest BCUT2D eigenvalue weighted by atomic mass is 35.7. The summed E-state index contributed by atoms with van der Waals surface area (Å²) in [5, 5.41) is 9.81. The van der Waals surface area contributed by atoms with E-state index in [4.69, 9.17) is 21.4 Å². The average Bonchev–Trinajstić information content (AvgIpc) is 2.26. The van der Waals surface area contributed by atoms with Crippen LogP contribution in [0.2, 0.25) is 0 Å². The topological polar surface area (TPSA) is 101 Å². The quantitative estimate of drug-likeness (QED) is 0.835. The summed E-state index contributed by atoms with van der Waals surface area (Å²) >= 11 is 0. The minimum atomic E-state index is -4.35. The minimum absolute atomic E-state index is 0.000864. The number of rotatable bonds is 2. The van der Waals surface area contributed by atoms with Crippen LogP contribution in [0, 0.1) is 0 Å². The lowest BCUT2D eigenvalue weighted by molar-refractivity contribution is 0.464. The van der Waals surface area contributed by atoms with Crippen molar-refractivity contribution in [1.82, 2.24) is 4.98 Å². The maximum atomic E-state index is 11.5. The van der Waals surface area contributed by atoms with Gasteiger partial charge in [-0.3, -0.25) is 4.98 Å². The third kappa shape index (κ3) is 2.62. The molecule has 0 aliphatic carbocycles. The monoisotopic (exact) mass is 341 g/mol. The lowest BCUT2D eigenvalue weighted by Crippen LogP contribution is -1.99. The van der Waals surface area contributed by atoms with Crippen molar-refractivity contribution in [2.24, 2.45) is 0 Å². The number of hydrogen-bond acceptors (Lipinski definition) is 6. The highest BCUT2D eigenvalue weighted by molar-refractivity contribution is 8.14. The van der Waals surface area contributed by atoms with Crippen LogP contribution in [-0.2, 0) is 18.1 Å². The van der Waals surface area contributed by atoms with E-state index in [2.05, 4.69) is 4.98 Å². The fourth-order valence-corrected chi connectivity index (χ4v) is 3.65. The maximum absolute atomic E-state index is 11.5. The van der Waals surface area contributed by atoms with Crippen molar-refractivity contribution in [3.8, 4) is 5.75 Å². The Labute approximate surface area is 117 Å². The van der Waals surface area contributed by atoms with Crippen molar-refractivity contribution in [2.45, 2.75) is 9.79 Å². The van der Waals surface area contributed by atoms with Crippen LogP contribution in [-0.4, -0.2) is 26.9 Å². The standard InChI is InChI=1S/C9H5Cl2NO5S2/c10-18(14,15)6-4-7(19(11,16)17)9(13)8-5(6)2-1-3-12-8/h1-4,13H. The van der Waals surface area contributed by atoms with Gasteiger partial charge in [0.2, 0.25) is 0 Å². The van der Waals surface area contributed by atoms with Crippen LogP contribution in [0.1, 0.15) is 0 Å². The second kappa shape index (κ2) is 4.48. The van der Waals surface area contributed by atoms with E-state index in [9.17, 15) is 21.9 Å². The van der Waals surface area contributed by atoms with Crippen LogP contribution in [0.4, 0.5) is 0 Å². The van der Waals surface area contributed by atoms with Gasteiger partial charge in [-0.05, 0) is 18.2 Å². The van der Waals surface area contributed by atoms with Gasteiger partial charge in [0.05, 0.1) is 4.90 Å². The number of phenols is 1. The number of benzene rings is 1. The predicted octanol–water partition coefficient (Wildman–Crippen LogP) is 1.80. The van der Waals surface area contributed by atoms with E-state index in [-0.39, 0.29) is 10.9 Å². The van der Waals surface area contributed by atoms with Crippen molar-refractivity contribution in [1.29, 1.82) is 0 Å². The lowest BCUT2D eigenvalue weighted by atomic mass is 10.2. The molecule has 2 aromatic rings. The Bertz CT molecular complexity index is 877. The predicted molar refractivity (Wildman–Crippen MR) is 69.5 cm³/mol. The van der Waals surface area contributed by atoms with Crippen LogP contribution in [0.3, 0.4) is 0 Å². The van der Waals surface area contributed by atoms with Gasteiger partial charge in [0.1, 0.15) is 10.4 Å². The Kier molecular flexibility index (Phi) is 3.38. The zero-order valence-corrected chi connectivity index (χ0v) is 12.1. The first kappa shape index (κ1) is 14.3. The van der Waals surface area contributed by atoms with Gasteiger partial charge in [0.15, 0.2) is 5.75 Å².